The monoisotopic (exact) mass is 259 g/mol. The van der Waals surface area contributed by atoms with Gasteiger partial charge in [-0.05, 0) is 17.5 Å². The van der Waals surface area contributed by atoms with Gasteiger partial charge >= 0.3 is 0 Å². The normalized spacial score (nSPS) is 15.0. The van der Waals surface area contributed by atoms with Crippen molar-refractivity contribution >= 4 is 23.3 Å². The first-order chi connectivity index (χ1) is 8.83. The van der Waals surface area contributed by atoms with Crippen molar-refractivity contribution in [3.05, 3.63) is 45.9 Å². The van der Waals surface area contributed by atoms with E-state index >= 15 is 0 Å². The third kappa shape index (κ3) is 2.22. The number of fused-ring (bicyclic) bond motifs is 1. The van der Waals surface area contributed by atoms with Crippen LogP contribution in [0.1, 0.15) is 16.1 Å². The van der Waals surface area contributed by atoms with Crippen LogP contribution < -0.4 is 0 Å². The van der Waals surface area contributed by atoms with E-state index in [0.717, 1.165) is 29.1 Å². The molecule has 5 heteroatoms. The molecule has 1 aliphatic rings. The summed E-state index contributed by atoms with van der Waals surface area (Å²) in [6.07, 6.45) is 6.18. The number of nitrogens with zero attached hydrogens (tertiary/aromatic N) is 2. The smallest absolute Gasteiger partial charge is 0.246 e. The number of carbonyl (C=O) groups is 1. The molecule has 0 spiro atoms. The molecule has 2 aromatic heterocycles. The third-order valence-corrected chi connectivity index (χ3v) is 3.88. The van der Waals surface area contributed by atoms with Crippen LogP contribution in [0.15, 0.2) is 29.8 Å². The van der Waals surface area contributed by atoms with E-state index in [1.165, 1.54) is 0 Å². The summed E-state index contributed by atoms with van der Waals surface area (Å²) in [7, 11) is 0. The van der Waals surface area contributed by atoms with Crippen molar-refractivity contribution < 1.29 is 4.79 Å². The largest absolute Gasteiger partial charge is 0.334 e. The number of hydrogen-bond donors (Lipinski definition) is 1. The summed E-state index contributed by atoms with van der Waals surface area (Å²) in [6, 6.07) is 3.98. The third-order valence-electron chi connectivity index (χ3n) is 3.05. The molecule has 18 heavy (non-hydrogen) atoms. The maximum atomic E-state index is 12.0. The van der Waals surface area contributed by atoms with Crippen molar-refractivity contribution in [2.24, 2.45) is 0 Å². The topological polar surface area (TPSA) is 49.0 Å². The number of thiophene rings is 1. The molecule has 0 saturated carbocycles. The molecule has 2 aromatic rings. The molecule has 1 N–H and O–H groups in total. The average Bonchev–Trinajstić information content (AvgIpc) is 3.05. The molecule has 1 amide bonds. The van der Waals surface area contributed by atoms with Crippen LogP contribution in [0.5, 0.6) is 0 Å². The summed E-state index contributed by atoms with van der Waals surface area (Å²) < 4.78 is 0. The zero-order valence-corrected chi connectivity index (χ0v) is 10.6. The molecule has 1 aliphatic heterocycles. The Labute approximate surface area is 109 Å². The van der Waals surface area contributed by atoms with E-state index in [1.54, 1.807) is 23.6 Å². The van der Waals surface area contributed by atoms with E-state index in [0.29, 0.717) is 6.54 Å². The average molecular weight is 259 g/mol. The van der Waals surface area contributed by atoms with Crippen LogP contribution in [-0.2, 0) is 17.8 Å². The molecule has 0 aliphatic carbocycles. The molecule has 0 radical (unpaired) electrons. The van der Waals surface area contributed by atoms with E-state index in [2.05, 4.69) is 10.2 Å². The summed E-state index contributed by atoms with van der Waals surface area (Å²) >= 11 is 1.63. The van der Waals surface area contributed by atoms with Crippen LogP contribution in [0.2, 0.25) is 0 Å². The van der Waals surface area contributed by atoms with Crippen molar-refractivity contribution in [3.63, 3.8) is 0 Å². The van der Waals surface area contributed by atoms with Crippen molar-refractivity contribution in [1.29, 1.82) is 0 Å². The maximum Gasteiger partial charge on any atom is 0.246 e. The minimum absolute atomic E-state index is 0.0650. The van der Waals surface area contributed by atoms with Crippen LogP contribution in [0, 0.1) is 0 Å². The number of hydrogen-bond acceptors (Lipinski definition) is 3. The van der Waals surface area contributed by atoms with Crippen molar-refractivity contribution in [2.45, 2.75) is 13.0 Å². The molecular formula is C13H13N3OS. The van der Waals surface area contributed by atoms with E-state index in [-0.39, 0.29) is 5.91 Å². The Balaban J connectivity index is 1.68. The van der Waals surface area contributed by atoms with Gasteiger partial charge in [0, 0.05) is 41.7 Å². The summed E-state index contributed by atoms with van der Waals surface area (Å²) in [5.74, 6) is 0.0650. The second kappa shape index (κ2) is 4.78. The van der Waals surface area contributed by atoms with Crippen LogP contribution >= 0.6 is 11.3 Å². The summed E-state index contributed by atoms with van der Waals surface area (Å²) in [6.45, 7) is 1.41. The van der Waals surface area contributed by atoms with Gasteiger partial charge in [-0.2, -0.15) is 5.10 Å². The summed E-state index contributed by atoms with van der Waals surface area (Å²) in [4.78, 5) is 15.0. The van der Waals surface area contributed by atoms with E-state index < -0.39 is 0 Å². The first-order valence-electron chi connectivity index (χ1n) is 5.84. The molecule has 4 nitrogen and oxygen atoms in total. The highest BCUT2D eigenvalue weighted by molar-refractivity contribution is 7.10. The lowest BCUT2D eigenvalue weighted by Crippen LogP contribution is -2.34. The first-order valence-corrected chi connectivity index (χ1v) is 6.72. The minimum Gasteiger partial charge on any atom is -0.334 e. The Morgan fingerprint density at radius 2 is 2.50 bits per heavy atom. The van der Waals surface area contributed by atoms with Gasteiger partial charge in [-0.3, -0.25) is 9.89 Å². The quantitative estimate of drug-likeness (QED) is 0.839. The highest BCUT2D eigenvalue weighted by Gasteiger charge is 2.20. The Hall–Kier alpha value is -1.88. The zero-order valence-electron chi connectivity index (χ0n) is 9.80. The number of rotatable bonds is 2. The molecule has 0 bridgehead atoms. The van der Waals surface area contributed by atoms with Crippen molar-refractivity contribution in [3.8, 4) is 0 Å². The molecule has 0 aromatic carbocycles. The zero-order chi connectivity index (χ0) is 12.4. The number of nitrogens with one attached hydrogen (secondary N) is 1. The Bertz CT molecular complexity index is 571. The summed E-state index contributed by atoms with van der Waals surface area (Å²) in [5, 5.41) is 8.97. The number of aromatic amines is 1. The lowest BCUT2D eigenvalue weighted by Gasteiger charge is -2.25. The number of amides is 1. The minimum atomic E-state index is 0.0650. The van der Waals surface area contributed by atoms with Crippen LogP contribution in [0.25, 0.3) is 6.08 Å². The Morgan fingerprint density at radius 1 is 1.56 bits per heavy atom. The maximum absolute atomic E-state index is 12.0. The standard InChI is InChI=1S/C13H13N3OS/c17-13(4-3-11-2-1-7-18-11)16-6-5-12-10(9-16)8-14-15-12/h1-4,7-8H,5-6,9H2,(H,14,15). The van der Waals surface area contributed by atoms with Gasteiger partial charge < -0.3 is 4.90 Å². The van der Waals surface area contributed by atoms with Gasteiger partial charge in [0.05, 0.1) is 6.20 Å². The fourth-order valence-corrected chi connectivity index (χ4v) is 2.67. The fraction of sp³-hybridized carbons (Fsp3) is 0.231. The van der Waals surface area contributed by atoms with Gasteiger partial charge in [-0.1, -0.05) is 6.07 Å². The summed E-state index contributed by atoms with van der Waals surface area (Å²) in [5.41, 5.74) is 2.28. The highest BCUT2D eigenvalue weighted by Crippen LogP contribution is 2.17. The van der Waals surface area contributed by atoms with E-state index in [1.807, 2.05) is 28.5 Å². The van der Waals surface area contributed by atoms with E-state index in [9.17, 15) is 4.79 Å². The van der Waals surface area contributed by atoms with Crippen molar-refractivity contribution in [1.82, 2.24) is 15.1 Å². The fourth-order valence-electron chi connectivity index (χ4n) is 2.06. The Morgan fingerprint density at radius 3 is 3.33 bits per heavy atom. The second-order valence-electron chi connectivity index (χ2n) is 4.23. The molecule has 3 heterocycles. The molecule has 0 saturated heterocycles. The van der Waals surface area contributed by atoms with Gasteiger partial charge in [0.2, 0.25) is 5.91 Å². The highest BCUT2D eigenvalue weighted by atomic mass is 32.1. The molecule has 0 atom stereocenters. The van der Waals surface area contributed by atoms with Crippen LogP contribution in [0.4, 0.5) is 0 Å². The van der Waals surface area contributed by atoms with Crippen LogP contribution in [-0.4, -0.2) is 27.5 Å². The van der Waals surface area contributed by atoms with E-state index in [4.69, 9.17) is 0 Å². The van der Waals surface area contributed by atoms with Crippen molar-refractivity contribution in [2.75, 3.05) is 6.54 Å². The Kier molecular flexibility index (Phi) is 2.98. The second-order valence-corrected chi connectivity index (χ2v) is 5.21. The first kappa shape index (κ1) is 11.2. The number of carbonyl (C=O) groups excluding carboxylic acids is 1. The predicted molar refractivity (Wildman–Crippen MR) is 71.1 cm³/mol. The van der Waals surface area contributed by atoms with Gasteiger partial charge in [0.15, 0.2) is 0 Å². The SMILES string of the molecule is O=C(C=Cc1cccs1)N1CCc2[nH]ncc2C1. The predicted octanol–water partition coefficient (Wildman–Crippen LogP) is 2.07. The van der Waals surface area contributed by atoms with Gasteiger partial charge in [0.25, 0.3) is 0 Å². The van der Waals surface area contributed by atoms with Gasteiger partial charge in [-0.25, -0.2) is 0 Å². The lowest BCUT2D eigenvalue weighted by atomic mass is 10.1. The molecular weight excluding hydrogens is 246 g/mol. The molecule has 92 valence electrons. The molecule has 3 rings (SSSR count). The number of H-pyrrole nitrogens is 1. The van der Waals surface area contributed by atoms with Gasteiger partial charge in [0.1, 0.15) is 0 Å². The molecule has 0 unspecified atom stereocenters. The lowest BCUT2D eigenvalue weighted by molar-refractivity contribution is -0.126. The number of aromatic nitrogens is 2. The van der Waals surface area contributed by atoms with Crippen LogP contribution in [0.3, 0.4) is 0 Å². The van der Waals surface area contributed by atoms with Gasteiger partial charge in [-0.15, -0.1) is 11.3 Å². The molecule has 0 fully saturated rings.